The first-order chi connectivity index (χ1) is 10.8. The van der Waals surface area contributed by atoms with Crippen LogP contribution in [-0.2, 0) is 4.79 Å². The van der Waals surface area contributed by atoms with Crippen molar-refractivity contribution in [3.05, 3.63) is 17.3 Å². The van der Waals surface area contributed by atoms with Crippen LogP contribution in [0.5, 0.6) is 0 Å². The van der Waals surface area contributed by atoms with Crippen molar-refractivity contribution < 1.29 is 14.0 Å². The number of aryl methyl sites for hydroxylation is 1. The van der Waals surface area contributed by atoms with Gasteiger partial charge in [-0.05, 0) is 19.8 Å². The molecule has 128 valence electrons. The number of nitrogens with zero attached hydrogens (tertiary/aromatic N) is 2. The standard InChI is InChI=1S/C16H26N4O3/c1-5-12(14(17)21)20-7-6-11(8-20)19-15(22)13-10(4)18-16(23-13)9(2)3/h9,11-12H,5-8H2,1-4H3,(H2,17,21)(H,19,22). The summed E-state index contributed by atoms with van der Waals surface area (Å²) in [7, 11) is 0. The van der Waals surface area contributed by atoms with Crippen molar-refractivity contribution >= 4 is 11.8 Å². The van der Waals surface area contributed by atoms with Crippen molar-refractivity contribution in [1.82, 2.24) is 15.2 Å². The van der Waals surface area contributed by atoms with Crippen LogP contribution >= 0.6 is 0 Å². The molecule has 7 heteroatoms. The van der Waals surface area contributed by atoms with Crippen molar-refractivity contribution in [2.45, 2.75) is 58.5 Å². The average molecular weight is 322 g/mol. The van der Waals surface area contributed by atoms with Crippen LogP contribution in [0.4, 0.5) is 0 Å². The van der Waals surface area contributed by atoms with E-state index < -0.39 is 0 Å². The van der Waals surface area contributed by atoms with Gasteiger partial charge in [0.2, 0.25) is 11.7 Å². The number of carbonyl (C=O) groups excluding carboxylic acids is 2. The average Bonchev–Trinajstić information content (AvgIpc) is 3.06. The van der Waals surface area contributed by atoms with Gasteiger partial charge in [0.25, 0.3) is 5.91 Å². The third-order valence-corrected chi connectivity index (χ3v) is 4.22. The van der Waals surface area contributed by atoms with E-state index in [1.807, 2.05) is 25.7 Å². The molecule has 1 fully saturated rings. The summed E-state index contributed by atoms with van der Waals surface area (Å²) in [6.45, 7) is 9.02. The van der Waals surface area contributed by atoms with E-state index in [4.69, 9.17) is 10.2 Å². The molecule has 7 nitrogen and oxygen atoms in total. The molecule has 1 saturated heterocycles. The van der Waals surface area contributed by atoms with E-state index in [-0.39, 0.29) is 35.6 Å². The van der Waals surface area contributed by atoms with Crippen LogP contribution in [0.1, 0.15) is 61.7 Å². The lowest BCUT2D eigenvalue weighted by Gasteiger charge is -2.23. The van der Waals surface area contributed by atoms with E-state index in [1.54, 1.807) is 6.92 Å². The molecule has 0 saturated carbocycles. The third kappa shape index (κ3) is 3.90. The summed E-state index contributed by atoms with van der Waals surface area (Å²) in [6.07, 6.45) is 1.47. The Bertz CT molecular complexity index is 582. The highest BCUT2D eigenvalue weighted by molar-refractivity contribution is 5.92. The fourth-order valence-corrected chi connectivity index (χ4v) is 2.95. The minimum atomic E-state index is -0.313. The van der Waals surface area contributed by atoms with Gasteiger partial charge in [-0.25, -0.2) is 4.98 Å². The van der Waals surface area contributed by atoms with Crippen molar-refractivity contribution in [2.24, 2.45) is 5.73 Å². The largest absolute Gasteiger partial charge is 0.435 e. The molecule has 1 aromatic rings. The zero-order valence-electron chi connectivity index (χ0n) is 14.3. The summed E-state index contributed by atoms with van der Waals surface area (Å²) >= 11 is 0. The van der Waals surface area contributed by atoms with Gasteiger partial charge in [0.05, 0.1) is 11.7 Å². The maximum absolute atomic E-state index is 12.4. The second kappa shape index (κ2) is 7.12. The first-order valence-corrected chi connectivity index (χ1v) is 8.15. The van der Waals surface area contributed by atoms with Gasteiger partial charge in [-0.15, -0.1) is 0 Å². The van der Waals surface area contributed by atoms with Gasteiger partial charge >= 0.3 is 0 Å². The van der Waals surface area contributed by atoms with Crippen LogP contribution in [0.3, 0.4) is 0 Å². The van der Waals surface area contributed by atoms with E-state index in [0.29, 0.717) is 24.6 Å². The van der Waals surface area contributed by atoms with Crippen LogP contribution in [-0.4, -0.2) is 46.9 Å². The second-order valence-electron chi connectivity index (χ2n) is 6.40. The molecule has 2 rings (SSSR count). The molecule has 2 amide bonds. The molecule has 3 N–H and O–H groups in total. The number of aromatic nitrogens is 1. The summed E-state index contributed by atoms with van der Waals surface area (Å²) < 4.78 is 5.57. The molecule has 2 unspecified atom stereocenters. The molecule has 0 aromatic carbocycles. The number of carbonyl (C=O) groups is 2. The number of hydrogen-bond donors (Lipinski definition) is 2. The molecule has 2 atom stereocenters. The van der Waals surface area contributed by atoms with Gasteiger partial charge in [-0.1, -0.05) is 20.8 Å². The number of oxazole rings is 1. The third-order valence-electron chi connectivity index (χ3n) is 4.22. The predicted octanol–water partition coefficient (Wildman–Crippen LogP) is 1.17. The van der Waals surface area contributed by atoms with E-state index in [1.165, 1.54) is 0 Å². The Morgan fingerprint density at radius 1 is 1.48 bits per heavy atom. The molecule has 1 aromatic heterocycles. The molecular formula is C16H26N4O3. The number of rotatable bonds is 6. The van der Waals surface area contributed by atoms with Crippen molar-refractivity contribution in [3.63, 3.8) is 0 Å². The molecule has 0 spiro atoms. The molecular weight excluding hydrogens is 296 g/mol. The van der Waals surface area contributed by atoms with Gasteiger partial charge < -0.3 is 15.5 Å². The summed E-state index contributed by atoms with van der Waals surface area (Å²) in [5.41, 5.74) is 6.03. The summed E-state index contributed by atoms with van der Waals surface area (Å²) in [6, 6.07) is -0.278. The quantitative estimate of drug-likeness (QED) is 0.819. The summed E-state index contributed by atoms with van der Waals surface area (Å²) in [5.74, 6) is 0.417. The van der Waals surface area contributed by atoms with E-state index in [2.05, 4.69) is 10.3 Å². The van der Waals surface area contributed by atoms with E-state index >= 15 is 0 Å². The highest BCUT2D eigenvalue weighted by Gasteiger charge is 2.32. The van der Waals surface area contributed by atoms with Crippen molar-refractivity contribution in [2.75, 3.05) is 13.1 Å². The fraction of sp³-hybridized carbons (Fsp3) is 0.688. The van der Waals surface area contributed by atoms with E-state index in [0.717, 1.165) is 13.0 Å². The topological polar surface area (TPSA) is 101 Å². The number of nitrogens with two attached hydrogens (primary N) is 1. The number of primary amides is 1. The lowest BCUT2D eigenvalue weighted by Crippen LogP contribution is -2.45. The zero-order chi connectivity index (χ0) is 17.1. The van der Waals surface area contributed by atoms with Crippen LogP contribution in [0, 0.1) is 6.92 Å². The molecule has 0 aliphatic carbocycles. The van der Waals surface area contributed by atoms with Crippen molar-refractivity contribution in [3.8, 4) is 0 Å². The van der Waals surface area contributed by atoms with Crippen LogP contribution in [0.2, 0.25) is 0 Å². The monoisotopic (exact) mass is 322 g/mol. The van der Waals surface area contributed by atoms with E-state index in [9.17, 15) is 9.59 Å². The fourth-order valence-electron chi connectivity index (χ4n) is 2.95. The summed E-state index contributed by atoms with van der Waals surface area (Å²) in [4.78, 5) is 30.1. The highest BCUT2D eigenvalue weighted by Crippen LogP contribution is 2.19. The Kier molecular flexibility index (Phi) is 5.41. The maximum atomic E-state index is 12.4. The lowest BCUT2D eigenvalue weighted by molar-refractivity contribution is -0.123. The predicted molar refractivity (Wildman–Crippen MR) is 86.0 cm³/mol. The number of likely N-dealkylation sites (tertiary alicyclic amines) is 1. The number of nitrogens with one attached hydrogen (secondary N) is 1. The first kappa shape index (κ1) is 17.5. The van der Waals surface area contributed by atoms with Gasteiger partial charge in [0.1, 0.15) is 0 Å². The molecule has 0 radical (unpaired) electrons. The first-order valence-electron chi connectivity index (χ1n) is 8.15. The molecule has 0 bridgehead atoms. The Labute approximate surface area is 136 Å². The van der Waals surface area contributed by atoms with Gasteiger partial charge in [-0.2, -0.15) is 0 Å². The Morgan fingerprint density at radius 2 is 2.17 bits per heavy atom. The van der Waals surface area contributed by atoms with Gasteiger partial charge in [0.15, 0.2) is 5.89 Å². The van der Waals surface area contributed by atoms with Crippen LogP contribution in [0.25, 0.3) is 0 Å². The van der Waals surface area contributed by atoms with Crippen LogP contribution < -0.4 is 11.1 Å². The molecule has 2 heterocycles. The Hall–Kier alpha value is -1.89. The maximum Gasteiger partial charge on any atom is 0.289 e. The smallest absolute Gasteiger partial charge is 0.289 e. The Morgan fingerprint density at radius 3 is 2.70 bits per heavy atom. The normalized spacial score (nSPS) is 20.0. The number of amides is 2. The van der Waals surface area contributed by atoms with Gasteiger partial charge in [-0.3, -0.25) is 14.5 Å². The SMILES string of the molecule is CCC(C(N)=O)N1CCC(NC(=O)c2oc(C(C)C)nc2C)C1. The van der Waals surface area contributed by atoms with Crippen molar-refractivity contribution in [1.29, 1.82) is 0 Å². The van der Waals surface area contributed by atoms with Crippen LogP contribution in [0.15, 0.2) is 4.42 Å². The molecule has 1 aliphatic heterocycles. The molecule has 1 aliphatic rings. The molecule has 23 heavy (non-hydrogen) atoms. The Balaban J connectivity index is 1.98. The highest BCUT2D eigenvalue weighted by atomic mass is 16.4. The second-order valence-corrected chi connectivity index (χ2v) is 6.40. The minimum Gasteiger partial charge on any atom is -0.435 e. The zero-order valence-corrected chi connectivity index (χ0v) is 14.3. The lowest BCUT2D eigenvalue weighted by atomic mass is 10.2. The number of hydrogen-bond acceptors (Lipinski definition) is 5. The van der Waals surface area contributed by atoms with Gasteiger partial charge in [0, 0.05) is 25.0 Å². The summed E-state index contributed by atoms with van der Waals surface area (Å²) in [5, 5.41) is 2.97. The minimum absolute atomic E-state index is 0.0112.